The molecule has 0 amide bonds. The molecule has 0 radical (unpaired) electrons. The molecular formula is C26H48O13. The molecule has 0 saturated heterocycles. The standard InChI is InChI=1S/C26H48O13/c1-26(2,3)39-25(30)22-37-19-18-35-15-14-33-11-10-31-8-9-32-12-13-34-16-17-36-20-21-38-24(29)7-5-4-6-23(27)28/h4-22H2,1-3H3,(H,27,28). The maximum absolute atomic E-state index is 11.5. The van der Waals surface area contributed by atoms with Gasteiger partial charge in [-0.05, 0) is 33.6 Å². The smallest absolute Gasteiger partial charge is 0.332 e. The Balaban J connectivity index is 3.18. The first-order valence-corrected chi connectivity index (χ1v) is 13.3. The Morgan fingerprint density at radius 2 is 0.872 bits per heavy atom. The Morgan fingerprint density at radius 1 is 0.513 bits per heavy atom. The van der Waals surface area contributed by atoms with Gasteiger partial charge in [0.2, 0.25) is 0 Å². The molecular weight excluding hydrogens is 520 g/mol. The molecule has 0 spiro atoms. The summed E-state index contributed by atoms with van der Waals surface area (Å²) < 4.78 is 47.6. The van der Waals surface area contributed by atoms with E-state index in [4.69, 9.17) is 47.7 Å². The molecule has 0 aromatic carbocycles. The van der Waals surface area contributed by atoms with Gasteiger partial charge in [-0.1, -0.05) is 0 Å². The zero-order valence-electron chi connectivity index (χ0n) is 23.8. The van der Waals surface area contributed by atoms with E-state index in [2.05, 4.69) is 0 Å². The van der Waals surface area contributed by atoms with Crippen LogP contribution in [-0.4, -0.2) is 128 Å². The molecule has 0 saturated carbocycles. The maximum Gasteiger partial charge on any atom is 0.332 e. The highest BCUT2D eigenvalue weighted by Gasteiger charge is 2.15. The Morgan fingerprint density at radius 3 is 1.26 bits per heavy atom. The molecule has 0 aliphatic carbocycles. The van der Waals surface area contributed by atoms with Crippen LogP contribution in [0.2, 0.25) is 0 Å². The summed E-state index contributed by atoms with van der Waals surface area (Å²) in [5, 5.41) is 8.52. The third kappa shape index (κ3) is 32.2. The van der Waals surface area contributed by atoms with Crippen molar-refractivity contribution in [3.8, 4) is 0 Å². The molecule has 0 aromatic rings. The minimum absolute atomic E-state index is 0.0581. The van der Waals surface area contributed by atoms with Gasteiger partial charge in [0, 0.05) is 12.8 Å². The van der Waals surface area contributed by atoms with Crippen LogP contribution >= 0.6 is 0 Å². The first-order chi connectivity index (χ1) is 18.7. The van der Waals surface area contributed by atoms with Crippen molar-refractivity contribution in [3.63, 3.8) is 0 Å². The molecule has 13 heteroatoms. The van der Waals surface area contributed by atoms with Crippen molar-refractivity contribution in [1.82, 2.24) is 0 Å². The van der Waals surface area contributed by atoms with Crippen LogP contribution in [0, 0.1) is 0 Å². The molecule has 1 N–H and O–H groups in total. The van der Waals surface area contributed by atoms with E-state index in [1.54, 1.807) is 20.8 Å². The lowest BCUT2D eigenvalue weighted by molar-refractivity contribution is -0.160. The van der Waals surface area contributed by atoms with Gasteiger partial charge in [-0.3, -0.25) is 9.59 Å². The Hall–Kier alpha value is -1.87. The number of unbranched alkanes of at least 4 members (excludes halogenated alkanes) is 1. The number of aliphatic carboxylic acids is 1. The van der Waals surface area contributed by atoms with E-state index in [0.717, 1.165) is 0 Å². The number of carboxylic acid groups (broad SMARTS) is 1. The molecule has 0 bridgehead atoms. The van der Waals surface area contributed by atoms with Crippen LogP contribution in [0.5, 0.6) is 0 Å². The van der Waals surface area contributed by atoms with Gasteiger partial charge >= 0.3 is 17.9 Å². The zero-order valence-corrected chi connectivity index (χ0v) is 23.8. The van der Waals surface area contributed by atoms with Gasteiger partial charge in [0.15, 0.2) is 0 Å². The van der Waals surface area contributed by atoms with Crippen LogP contribution < -0.4 is 0 Å². The normalized spacial score (nSPS) is 11.5. The SMILES string of the molecule is CC(C)(C)OC(=O)COCCOCCOCCOCCOCCOCCOCCOC(=O)CCCCC(=O)O. The molecule has 39 heavy (non-hydrogen) atoms. The van der Waals surface area contributed by atoms with Crippen molar-refractivity contribution >= 4 is 17.9 Å². The van der Waals surface area contributed by atoms with Crippen molar-refractivity contribution < 1.29 is 62.1 Å². The van der Waals surface area contributed by atoms with E-state index in [9.17, 15) is 14.4 Å². The van der Waals surface area contributed by atoms with Crippen LogP contribution in [0.25, 0.3) is 0 Å². The maximum atomic E-state index is 11.5. The van der Waals surface area contributed by atoms with Crippen molar-refractivity contribution in [3.05, 3.63) is 0 Å². The average molecular weight is 569 g/mol. The average Bonchev–Trinajstić information content (AvgIpc) is 2.86. The second-order valence-electron chi connectivity index (χ2n) is 9.13. The Kier molecular flexibility index (Phi) is 25.1. The summed E-state index contributed by atoms with van der Waals surface area (Å²) in [6, 6.07) is 0. The number of ether oxygens (including phenoxy) is 9. The highest BCUT2D eigenvalue weighted by molar-refractivity contribution is 5.71. The van der Waals surface area contributed by atoms with Gasteiger partial charge in [0.05, 0.1) is 85.9 Å². The quantitative estimate of drug-likeness (QED) is 0.107. The lowest BCUT2D eigenvalue weighted by Crippen LogP contribution is -2.27. The lowest BCUT2D eigenvalue weighted by atomic mass is 10.2. The van der Waals surface area contributed by atoms with E-state index in [-0.39, 0.29) is 38.6 Å². The minimum atomic E-state index is -0.865. The highest BCUT2D eigenvalue weighted by Crippen LogP contribution is 2.06. The topological polar surface area (TPSA) is 155 Å². The number of hydrogen-bond acceptors (Lipinski definition) is 12. The first-order valence-electron chi connectivity index (χ1n) is 13.3. The summed E-state index contributed by atoms with van der Waals surface area (Å²) in [5.74, 6) is -1.61. The van der Waals surface area contributed by atoms with Gasteiger partial charge < -0.3 is 47.7 Å². The van der Waals surface area contributed by atoms with Gasteiger partial charge in [-0.15, -0.1) is 0 Å². The summed E-state index contributed by atoms with van der Waals surface area (Å²) in [6.45, 7) is 10.8. The molecule has 0 aliphatic heterocycles. The third-order valence-corrected chi connectivity index (χ3v) is 4.38. The van der Waals surface area contributed by atoms with Crippen LogP contribution in [0.4, 0.5) is 0 Å². The Bertz CT molecular complexity index is 607. The van der Waals surface area contributed by atoms with Gasteiger partial charge in [-0.2, -0.15) is 0 Å². The number of rotatable bonds is 28. The second-order valence-corrected chi connectivity index (χ2v) is 9.13. The van der Waals surface area contributed by atoms with Gasteiger partial charge in [0.25, 0.3) is 0 Å². The molecule has 13 nitrogen and oxygen atoms in total. The number of carboxylic acids is 1. The molecule has 0 aromatic heterocycles. The van der Waals surface area contributed by atoms with Crippen LogP contribution in [0.1, 0.15) is 46.5 Å². The molecule has 0 rings (SSSR count). The van der Waals surface area contributed by atoms with Crippen LogP contribution in [0.3, 0.4) is 0 Å². The summed E-state index contributed by atoms with van der Waals surface area (Å²) in [5.41, 5.74) is -0.518. The molecule has 230 valence electrons. The van der Waals surface area contributed by atoms with E-state index in [1.807, 2.05) is 0 Å². The van der Waals surface area contributed by atoms with Crippen LogP contribution in [0.15, 0.2) is 0 Å². The highest BCUT2D eigenvalue weighted by atomic mass is 16.6. The van der Waals surface area contributed by atoms with Gasteiger partial charge in [-0.25, -0.2) is 4.79 Å². The Labute approximate surface area is 231 Å². The summed E-state index contributed by atoms with van der Waals surface area (Å²) in [6.07, 6.45) is 1.23. The molecule has 0 atom stereocenters. The lowest BCUT2D eigenvalue weighted by Gasteiger charge is -2.19. The number of hydrogen-bond donors (Lipinski definition) is 1. The fraction of sp³-hybridized carbons (Fsp3) is 0.885. The molecule has 0 heterocycles. The fourth-order valence-corrected chi connectivity index (χ4v) is 2.68. The van der Waals surface area contributed by atoms with E-state index in [1.165, 1.54) is 0 Å². The molecule has 0 aliphatic rings. The predicted octanol–water partition coefficient (Wildman–Crippen LogP) is 1.63. The number of esters is 2. The first kappa shape index (κ1) is 37.1. The van der Waals surface area contributed by atoms with E-state index in [0.29, 0.717) is 92.1 Å². The summed E-state index contributed by atoms with van der Waals surface area (Å²) in [4.78, 5) is 33.3. The largest absolute Gasteiger partial charge is 0.481 e. The number of carbonyl (C=O) groups is 3. The second kappa shape index (κ2) is 26.4. The van der Waals surface area contributed by atoms with E-state index >= 15 is 0 Å². The van der Waals surface area contributed by atoms with Crippen molar-refractivity contribution in [2.75, 3.05) is 99.1 Å². The van der Waals surface area contributed by atoms with Crippen molar-refractivity contribution in [2.24, 2.45) is 0 Å². The number of carbonyl (C=O) groups excluding carboxylic acids is 2. The minimum Gasteiger partial charge on any atom is -0.481 e. The molecule has 0 unspecified atom stereocenters. The summed E-state index contributed by atoms with van der Waals surface area (Å²) >= 11 is 0. The van der Waals surface area contributed by atoms with Crippen LogP contribution in [-0.2, 0) is 57.0 Å². The van der Waals surface area contributed by atoms with Crippen molar-refractivity contribution in [1.29, 1.82) is 0 Å². The van der Waals surface area contributed by atoms with E-state index < -0.39 is 17.5 Å². The zero-order chi connectivity index (χ0) is 29.0. The predicted molar refractivity (Wildman–Crippen MR) is 139 cm³/mol. The fourth-order valence-electron chi connectivity index (χ4n) is 2.68. The summed E-state index contributed by atoms with van der Waals surface area (Å²) in [7, 11) is 0. The third-order valence-electron chi connectivity index (χ3n) is 4.38. The monoisotopic (exact) mass is 568 g/mol. The van der Waals surface area contributed by atoms with Crippen molar-refractivity contribution in [2.45, 2.75) is 52.1 Å². The van der Waals surface area contributed by atoms with Gasteiger partial charge in [0.1, 0.15) is 18.8 Å². The molecule has 0 fully saturated rings.